The van der Waals surface area contributed by atoms with Crippen LogP contribution in [0.4, 0.5) is 0 Å². The molecule has 3 rings (SSSR count). The van der Waals surface area contributed by atoms with Crippen LogP contribution in [0.3, 0.4) is 0 Å². The highest BCUT2D eigenvalue weighted by atomic mass is 32.2. The van der Waals surface area contributed by atoms with Gasteiger partial charge in [-0.05, 0) is 29.7 Å². The van der Waals surface area contributed by atoms with Crippen LogP contribution in [0.15, 0.2) is 77.2 Å². The second kappa shape index (κ2) is 11.0. The van der Waals surface area contributed by atoms with E-state index < -0.39 is 0 Å². The number of aliphatic hydroxyl groups is 1. The van der Waals surface area contributed by atoms with E-state index in [2.05, 4.69) is 0 Å². The summed E-state index contributed by atoms with van der Waals surface area (Å²) < 4.78 is 0.362. The third-order valence-electron chi connectivity index (χ3n) is 4.66. The molecular formula is C24H24N2O3S2. The highest BCUT2D eigenvalue weighted by Gasteiger charge is 2.34. The highest BCUT2D eigenvalue weighted by molar-refractivity contribution is 8.26. The van der Waals surface area contributed by atoms with Gasteiger partial charge in [0.15, 0.2) is 0 Å². The molecule has 1 fully saturated rings. The Morgan fingerprint density at radius 2 is 1.77 bits per heavy atom. The van der Waals surface area contributed by atoms with Crippen molar-refractivity contribution in [3.05, 3.63) is 88.3 Å². The van der Waals surface area contributed by atoms with Gasteiger partial charge < -0.3 is 10.0 Å². The van der Waals surface area contributed by atoms with E-state index in [1.807, 2.05) is 73.7 Å². The van der Waals surface area contributed by atoms with E-state index in [-0.39, 0.29) is 31.5 Å². The molecule has 1 saturated heterocycles. The number of benzene rings is 2. The average Bonchev–Trinajstić information content (AvgIpc) is 3.02. The molecule has 0 saturated carbocycles. The van der Waals surface area contributed by atoms with Gasteiger partial charge >= 0.3 is 0 Å². The van der Waals surface area contributed by atoms with Crippen LogP contribution in [0, 0.1) is 0 Å². The summed E-state index contributed by atoms with van der Waals surface area (Å²) in [5.41, 5.74) is 2.92. The van der Waals surface area contributed by atoms with E-state index in [0.29, 0.717) is 15.8 Å². The van der Waals surface area contributed by atoms with Crippen molar-refractivity contribution in [2.45, 2.75) is 13.5 Å². The number of rotatable bonds is 8. The Bertz CT molecular complexity index is 1000. The molecule has 1 aliphatic rings. The quantitative estimate of drug-likeness (QED) is 0.487. The van der Waals surface area contributed by atoms with Crippen LogP contribution in [-0.4, -0.2) is 50.7 Å². The summed E-state index contributed by atoms with van der Waals surface area (Å²) in [6.07, 6.45) is 3.78. The monoisotopic (exact) mass is 452 g/mol. The first-order valence-corrected chi connectivity index (χ1v) is 11.1. The van der Waals surface area contributed by atoms with Gasteiger partial charge in [-0.25, -0.2) is 0 Å². The molecule has 1 N–H and O–H groups in total. The molecule has 0 unspecified atom stereocenters. The lowest BCUT2D eigenvalue weighted by atomic mass is 10.1. The van der Waals surface area contributed by atoms with Gasteiger partial charge in [-0.15, -0.1) is 0 Å². The SMILES string of the molecule is CC(/C=C1\SC(=S)N(CC(=O)N(CCO)Cc2ccccc2)C1=O)=C\c1ccccc1. The van der Waals surface area contributed by atoms with E-state index in [4.69, 9.17) is 12.2 Å². The predicted molar refractivity (Wildman–Crippen MR) is 129 cm³/mol. The average molecular weight is 453 g/mol. The molecule has 31 heavy (non-hydrogen) atoms. The van der Waals surface area contributed by atoms with Crippen molar-refractivity contribution >= 4 is 46.2 Å². The molecular weight excluding hydrogens is 428 g/mol. The number of hydrogen-bond donors (Lipinski definition) is 1. The van der Waals surface area contributed by atoms with E-state index in [1.54, 1.807) is 6.08 Å². The minimum absolute atomic E-state index is 0.143. The Balaban J connectivity index is 1.69. The van der Waals surface area contributed by atoms with Crippen LogP contribution in [-0.2, 0) is 16.1 Å². The lowest BCUT2D eigenvalue weighted by molar-refractivity contribution is -0.136. The first kappa shape index (κ1) is 22.9. The van der Waals surface area contributed by atoms with Gasteiger partial charge in [0.2, 0.25) is 5.91 Å². The molecule has 0 atom stereocenters. The zero-order valence-corrected chi connectivity index (χ0v) is 18.9. The lowest BCUT2D eigenvalue weighted by Gasteiger charge is -2.24. The smallest absolute Gasteiger partial charge is 0.266 e. The summed E-state index contributed by atoms with van der Waals surface area (Å²) in [5, 5.41) is 9.37. The molecule has 2 aromatic rings. The first-order chi connectivity index (χ1) is 15.0. The molecule has 0 spiro atoms. The molecule has 1 aliphatic heterocycles. The van der Waals surface area contributed by atoms with Crippen LogP contribution >= 0.6 is 24.0 Å². The van der Waals surface area contributed by atoms with Gasteiger partial charge in [-0.2, -0.15) is 0 Å². The minimum Gasteiger partial charge on any atom is -0.395 e. The van der Waals surface area contributed by atoms with Crippen molar-refractivity contribution in [2.75, 3.05) is 19.7 Å². The second-order valence-electron chi connectivity index (χ2n) is 7.09. The lowest BCUT2D eigenvalue weighted by Crippen LogP contribution is -2.42. The highest BCUT2D eigenvalue weighted by Crippen LogP contribution is 2.32. The Hall–Kier alpha value is -2.74. The Labute approximate surface area is 192 Å². The maximum Gasteiger partial charge on any atom is 0.266 e. The molecule has 0 radical (unpaired) electrons. The van der Waals surface area contributed by atoms with E-state index >= 15 is 0 Å². The number of thioether (sulfide) groups is 1. The van der Waals surface area contributed by atoms with Crippen molar-refractivity contribution in [2.24, 2.45) is 0 Å². The summed E-state index contributed by atoms with van der Waals surface area (Å²) in [7, 11) is 0. The summed E-state index contributed by atoms with van der Waals surface area (Å²) in [6, 6.07) is 19.4. The van der Waals surface area contributed by atoms with Crippen LogP contribution in [0.5, 0.6) is 0 Å². The standard InChI is InChI=1S/C24H24N2O3S2/c1-18(14-19-8-4-2-5-9-19)15-21-23(29)26(24(30)31-21)17-22(28)25(12-13-27)16-20-10-6-3-7-11-20/h2-11,14-15,27H,12-13,16-17H2,1H3/b18-14+,21-15-. The molecule has 7 heteroatoms. The molecule has 2 amide bonds. The number of nitrogens with zero attached hydrogens (tertiary/aromatic N) is 2. The normalized spacial score (nSPS) is 15.6. The number of carbonyl (C=O) groups is 2. The zero-order valence-electron chi connectivity index (χ0n) is 17.2. The summed E-state index contributed by atoms with van der Waals surface area (Å²) >= 11 is 6.56. The fourth-order valence-corrected chi connectivity index (χ4v) is 4.45. The molecule has 0 aliphatic carbocycles. The summed E-state index contributed by atoms with van der Waals surface area (Å²) in [6.45, 7) is 2.19. The number of thiocarbonyl (C=S) groups is 1. The van der Waals surface area contributed by atoms with E-state index in [1.165, 1.54) is 21.6 Å². The molecule has 0 aromatic heterocycles. The molecule has 160 valence electrons. The number of aliphatic hydroxyl groups excluding tert-OH is 1. The predicted octanol–water partition coefficient (Wildman–Crippen LogP) is 3.86. The van der Waals surface area contributed by atoms with Crippen molar-refractivity contribution in [3.63, 3.8) is 0 Å². The van der Waals surface area contributed by atoms with Crippen molar-refractivity contribution in [3.8, 4) is 0 Å². The van der Waals surface area contributed by atoms with Crippen molar-refractivity contribution in [1.29, 1.82) is 0 Å². The van der Waals surface area contributed by atoms with Crippen LogP contribution in [0.25, 0.3) is 6.08 Å². The third kappa shape index (κ3) is 6.37. The molecule has 0 bridgehead atoms. The van der Waals surface area contributed by atoms with Gasteiger partial charge in [0.05, 0.1) is 11.5 Å². The Morgan fingerprint density at radius 1 is 1.13 bits per heavy atom. The maximum absolute atomic E-state index is 12.9. The van der Waals surface area contributed by atoms with Gasteiger partial charge in [0, 0.05) is 13.1 Å². The van der Waals surface area contributed by atoms with Gasteiger partial charge in [0.25, 0.3) is 5.91 Å². The first-order valence-electron chi connectivity index (χ1n) is 9.89. The van der Waals surface area contributed by atoms with E-state index in [0.717, 1.165) is 16.7 Å². The van der Waals surface area contributed by atoms with Gasteiger partial charge in [-0.3, -0.25) is 14.5 Å². The Kier molecular flexibility index (Phi) is 8.17. The molecule has 2 aromatic carbocycles. The van der Waals surface area contributed by atoms with Gasteiger partial charge in [0.1, 0.15) is 10.9 Å². The second-order valence-corrected chi connectivity index (χ2v) is 8.77. The summed E-state index contributed by atoms with van der Waals surface area (Å²) in [5.74, 6) is -0.528. The number of amides is 2. The van der Waals surface area contributed by atoms with Crippen LogP contribution < -0.4 is 0 Å². The third-order valence-corrected chi connectivity index (χ3v) is 6.04. The Morgan fingerprint density at radius 3 is 2.42 bits per heavy atom. The minimum atomic E-state index is -0.271. The van der Waals surface area contributed by atoms with Gasteiger partial charge in [-0.1, -0.05) is 90.7 Å². The zero-order chi connectivity index (χ0) is 22.2. The van der Waals surface area contributed by atoms with Crippen LogP contribution in [0.2, 0.25) is 0 Å². The largest absolute Gasteiger partial charge is 0.395 e. The molecule has 1 heterocycles. The van der Waals surface area contributed by atoms with Crippen molar-refractivity contribution < 1.29 is 14.7 Å². The fraction of sp³-hybridized carbons (Fsp3) is 0.208. The maximum atomic E-state index is 12.9. The number of allylic oxidation sites excluding steroid dienone is 2. The van der Waals surface area contributed by atoms with Crippen molar-refractivity contribution in [1.82, 2.24) is 9.80 Å². The summed E-state index contributed by atoms with van der Waals surface area (Å²) in [4.78, 5) is 29.1. The number of hydrogen-bond acceptors (Lipinski definition) is 5. The fourth-order valence-electron chi connectivity index (χ4n) is 3.15. The van der Waals surface area contributed by atoms with Crippen LogP contribution in [0.1, 0.15) is 18.1 Å². The number of carbonyl (C=O) groups excluding carboxylic acids is 2. The molecule has 5 nitrogen and oxygen atoms in total. The topological polar surface area (TPSA) is 60.9 Å². The van der Waals surface area contributed by atoms with E-state index in [9.17, 15) is 14.7 Å².